The van der Waals surface area contributed by atoms with E-state index in [2.05, 4.69) is 10.3 Å². The molecule has 2 N–H and O–H groups in total. The number of anilines is 1. The summed E-state index contributed by atoms with van der Waals surface area (Å²) in [6, 6.07) is 5.37. The summed E-state index contributed by atoms with van der Waals surface area (Å²) >= 11 is 13.2. The first-order valence-corrected chi connectivity index (χ1v) is 6.49. The summed E-state index contributed by atoms with van der Waals surface area (Å²) in [6.07, 6.45) is 1.73. The first-order valence-electron chi connectivity index (χ1n) is 4.92. The predicted octanol–water partition coefficient (Wildman–Crippen LogP) is 3.55. The second kappa shape index (κ2) is 5.69. The molecule has 1 aromatic heterocycles. The van der Waals surface area contributed by atoms with E-state index in [1.807, 2.05) is 6.07 Å². The van der Waals surface area contributed by atoms with E-state index in [0.717, 1.165) is 16.1 Å². The Morgan fingerprint density at radius 3 is 2.82 bits per heavy atom. The number of aromatic nitrogens is 1. The fourth-order valence-electron chi connectivity index (χ4n) is 1.35. The van der Waals surface area contributed by atoms with Crippen molar-refractivity contribution in [1.29, 1.82) is 0 Å². The molecule has 0 radical (unpaired) electrons. The average molecular weight is 289 g/mol. The molecule has 3 nitrogen and oxygen atoms in total. The highest BCUT2D eigenvalue weighted by Gasteiger charge is 2.03. The lowest BCUT2D eigenvalue weighted by atomic mass is 10.2. The molecule has 0 saturated carbocycles. The number of aliphatic hydroxyl groups is 1. The summed E-state index contributed by atoms with van der Waals surface area (Å²) in [6.45, 7) is 0.608. The maximum absolute atomic E-state index is 9.05. The molecule has 17 heavy (non-hydrogen) atoms. The number of aliphatic hydroxyl groups excluding tert-OH is 1. The number of nitrogens with one attached hydrogen (secondary N) is 1. The van der Waals surface area contributed by atoms with Crippen LogP contribution in [0.2, 0.25) is 9.49 Å². The van der Waals surface area contributed by atoms with Gasteiger partial charge in [-0.25, -0.2) is 4.98 Å². The maximum Gasteiger partial charge on any atom is 0.183 e. The molecule has 0 aliphatic rings. The zero-order valence-corrected chi connectivity index (χ0v) is 11.1. The van der Waals surface area contributed by atoms with Crippen molar-refractivity contribution in [3.8, 4) is 0 Å². The maximum atomic E-state index is 9.05. The number of hydrogen-bond acceptors (Lipinski definition) is 4. The van der Waals surface area contributed by atoms with Crippen molar-refractivity contribution in [2.75, 3.05) is 5.32 Å². The van der Waals surface area contributed by atoms with E-state index in [9.17, 15) is 0 Å². The monoisotopic (exact) mass is 288 g/mol. The molecule has 2 rings (SSSR count). The van der Waals surface area contributed by atoms with Crippen molar-refractivity contribution in [2.45, 2.75) is 13.2 Å². The Bertz CT molecular complexity index is 516. The Hall–Kier alpha value is -0.810. The van der Waals surface area contributed by atoms with Crippen LogP contribution in [0.3, 0.4) is 0 Å². The molecule has 0 aliphatic carbocycles. The van der Waals surface area contributed by atoms with Crippen molar-refractivity contribution in [2.24, 2.45) is 0 Å². The number of thiazole rings is 1. The molecular formula is C11H10Cl2N2OS. The topological polar surface area (TPSA) is 45.1 Å². The van der Waals surface area contributed by atoms with Crippen LogP contribution in [0.25, 0.3) is 0 Å². The van der Waals surface area contributed by atoms with Crippen molar-refractivity contribution in [3.05, 3.63) is 44.3 Å². The largest absolute Gasteiger partial charge is 0.392 e. The van der Waals surface area contributed by atoms with Crippen LogP contribution in [0.5, 0.6) is 0 Å². The minimum atomic E-state index is -0.00175. The summed E-state index contributed by atoms with van der Waals surface area (Å²) in [5, 5.41) is 12.9. The van der Waals surface area contributed by atoms with Gasteiger partial charge in [-0.3, -0.25) is 0 Å². The van der Waals surface area contributed by atoms with Crippen LogP contribution in [0.1, 0.15) is 10.4 Å². The molecule has 2 aromatic rings. The van der Waals surface area contributed by atoms with Crippen molar-refractivity contribution < 1.29 is 5.11 Å². The molecule has 1 aromatic carbocycles. The van der Waals surface area contributed by atoms with Gasteiger partial charge in [0, 0.05) is 11.1 Å². The van der Waals surface area contributed by atoms with Crippen LogP contribution in [0.15, 0.2) is 24.4 Å². The lowest BCUT2D eigenvalue weighted by molar-refractivity contribution is 0.282. The number of nitrogens with zero attached hydrogens (tertiary/aromatic N) is 1. The Morgan fingerprint density at radius 1 is 1.35 bits per heavy atom. The first-order chi connectivity index (χ1) is 8.19. The summed E-state index contributed by atoms with van der Waals surface area (Å²) in [7, 11) is 0. The van der Waals surface area contributed by atoms with Crippen molar-refractivity contribution >= 4 is 40.2 Å². The third-order valence-electron chi connectivity index (χ3n) is 2.19. The van der Waals surface area contributed by atoms with Crippen LogP contribution in [-0.4, -0.2) is 10.1 Å². The molecule has 1 heterocycles. The van der Waals surface area contributed by atoms with E-state index in [-0.39, 0.29) is 6.61 Å². The van der Waals surface area contributed by atoms with Crippen LogP contribution in [0.4, 0.5) is 5.69 Å². The fourth-order valence-corrected chi connectivity index (χ4v) is 2.46. The molecule has 0 fully saturated rings. The van der Waals surface area contributed by atoms with Gasteiger partial charge in [0.1, 0.15) is 0 Å². The van der Waals surface area contributed by atoms with Crippen LogP contribution in [-0.2, 0) is 13.2 Å². The van der Waals surface area contributed by atoms with Crippen molar-refractivity contribution in [3.63, 3.8) is 0 Å². The van der Waals surface area contributed by atoms with E-state index in [4.69, 9.17) is 28.3 Å². The van der Waals surface area contributed by atoms with Gasteiger partial charge in [0.15, 0.2) is 4.47 Å². The van der Waals surface area contributed by atoms with Crippen LogP contribution < -0.4 is 5.32 Å². The zero-order valence-electron chi connectivity index (χ0n) is 8.78. The molecule has 0 aliphatic heterocycles. The third-order valence-corrected chi connectivity index (χ3v) is 3.64. The molecule has 0 unspecified atom stereocenters. The van der Waals surface area contributed by atoms with E-state index >= 15 is 0 Å². The SMILES string of the molecule is OCc1ccc(Cl)c(NCc2cnc(Cl)s2)c1. The Balaban J connectivity index is 2.07. The average Bonchev–Trinajstić information content (AvgIpc) is 2.74. The Kier molecular flexibility index (Phi) is 4.23. The van der Waals surface area contributed by atoms with Crippen molar-refractivity contribution in [1.82, 2.24) is 4.98 Å². The molecule has 90 valence electrons. The van der Waals surface area contributed by atoms with Crippen LogP contribution >= 0.6 is 34.5 Å². The van der Waals surface area contributed by atoms with E-state index in [0.29, 0.717) is 16.0 Å². The first kappa shape index (κ1) is 12.6. The molecular weight excluding hydrogens is 279 g/mol. The standard InChI is InChI=1S/C11H10Cl2N2OS/c12-9-2-1-7(6-16)3-10(9)14-4-8-5-15-11(13)17-8/h1-3,5,14,16H,4,6H2. The highest BCUT2D eigenvalue weighted by molar-refractivity contribution is 7.15. The number of rotatable bonds is 4. The summed E-state index contributed by atoms with van der Waals surface area (Å²) < 4.78 is 0.525. The van der Waals surface area contributed by atoms with Gasteiger partial charge in [0.25, 0.3) is 0 Å². The number of benzene rings is 1. The second-order valence-electron chi connectivity index (χ2n) is 3.41. The van der Waals surface area contributed by atoms with Gasteiger partial charge in [0.2, 0.25) is 0 Å². The Morgan fingerprint density at radius 2 is 2.18 bits per heavy atom. The molecule has 6 heteroatoms. The van der Waals surface area contributed by atoms with Gasteiger partial charge in [0.05, 0.1) is 23.9 Å². The third kappa shape index (κ3) is 3.33. The van der Waals surface area contributed by atoms with Gasteiger partial charge in [-0.05, 0) is 17.7 Å². The summed E-state index contributed by atoms with van der Waals surface area (Å²) in [5.41, 5.74) is 1.61. The lowest BCUT2D eigenvalue weighted by Gasteiger charge is -2.08. The van der Waals surface area contributed by atoms with Gasteiger partial charge in [-0.2, -0.15) is 0 Å². The highest BCUT2D eigenvalue weighted by Crippen LogP contribution is 2.25. The van der Waals surface area contributed by atoms with Gasteiger partial charge < -0.3 is 10.4 Å². The van der Waals surface area contributed by atoms with Gasteiger partial charge >= 0.3 is 0 Å². The van der Waals surface area contributed by atoms with Crippen LogP contribution in [0, 0.1) is 0 Å². The zero-order chi connectivity index (χ0) is 12.3. The smallest absolute Gasteiger partial charge is 0.183 e. The van der Waals surface area contributed by atoms with E-state index in [1.165, 1.54) is 11.3 Å². The number of hydrogen-bond donors (Lipinski definition) is 2. The quantitative estimate of drug-likeness (QED) is 0.904. The molecule has 0 saturated heterocycles. The summed E-state index contributed by atoms with van der Waals surface area (Å²) in [4.78, 5) is 4.98. The van der Waals surface area contributed by atoms with E-state index in [1.54, 1.807) is 18.3 Å². The fraction of sp³-hybridized carbons (Fsp3) is 0.182. The highest BCUT2D eigenvalue weighted by atomic mass is 35.5. The minimum Gasteiger partial charge on any atom is -0.392 e. The Labute approximate surface area is 113 Å². The molecule has 0 atom stereocenters. The predicted molar refractivity (Wildman–Crippen MR) is 71.8 cm³/mol. The van der Waals surface area contributed by atoms with E-state index < -0.39 is 0 Å². The second-order valence-corrected chi connectivity index (χ2v) is 5.51. The molecule has 0 amide bonds. The normalized spacial score (nSPS) is 10.5. The summed E-state index contributed by atoms with van der Waals surface area (Å²) in [5.74, 6) is 0. The molecule has 0 bridgehead atoms. The lowest BCUT2D eigenvalue weighted by Crippen LogP contribution is -1.99. The van der Waals surface area contributed by atoms with Gasteiger partial charge in [-0.15, -0.1) is 11.3 Å². The van der Waals surface area contributed by atoms with Gasteiger partial charge in [-0.1, -0.05) is 29.3 Å². The number of halogens is 2. The minimum absolute atomic E-state index is 0.00175. The molecule has 0 spiro atoms.